The van der Waals surface area contributed by atoms with Crippen LogP contribution < -0.4 is 10.5 Å². The number of rotatable bonds is 4. The fourth-order valence-electron chi connectivity index (χ4n) is 1.58. The molecular formula is C14H10ClN2O4S-. The molecule has 6 nitrogen and oxygen atoms in total. The molecule has 0 aliphatic rings. The molecule has 1 aromatic heterocycles. The van der Waals surface area contributed by atoms with Crippen LogP contribution in [0.3, 0.4) is 0 Å². The lowest BCUT2D eigenvalue weighted by atomic mass is 10.2. The molecule has 2 N–H and O–H groups in total. The molecule has 0 spiro atoms. The van der Waals surface area contributed by atoms with Crippen molar-refractivity contribution < 1.29 is 19.8 Å². The van der Waals surface area contributed by atoms with Crippen LogP contribution >= 0.6 is 22.9 Å². The first-order valence-electron chi connectivity index (χ1n) is 6.03. The minimum atomic E-state index is -1.02. The Balaban J connectivity index is 2.14. The van der Waals surface area contributed by atoms with Gasteiger partial charge in [0.2, 0.25) is 0 Å². The minimum absolute atomic E-state index is 0.110. The molecule has 0 atom stereocenters. The number of hydrazone groups is 1. The van der Waals surface area contributed by atoms with E-state index in [2.05, 4.69) is 10.5 Å². The molecule has 0 aliphatic heterocycles. The van der Waals surface area contributed by atoms with Crippen LogP contribution in [0.25, 0.3) is 0 Å². The number of nitrogens with zero attached hydrogens (tertiary/aromatic N) is 1. The number of nitrogens with one attached hydrogen (secondary N) is 1. The van der Waals surface area contributed by atoms with Crippen molar-refractivity contribution in [2.45, 2.75) is 6.92 Å². The molecule has 2 aromatic rings. The van der Waals surface area contributed by atoms with E-state index in [0.29, 0.717) is 10.6 Å². The lowest BCUT2D eigenvalue weighted by Crippen LogP contribution is -2.20. The van der Waals surface area contributed by atoms with Crippen molar-refractivity contribution in [1.82, 2.24) is 5.43 Å². The monoisotopic (exact) mass is 337 g/mol. The van der Waals surface area contributed by atoms with Gasteiger partial charge < -0.3 is 10.2 Å². The van der Waals surface area contributed by atoms with Crippen molar-refractivity contribution in [1.29, 1.82) is 0 Å². The van der Waals surface area contributed by atoms with E-state index in [1.807, 2.05) is 0 Å². The number of halogens is 1. The number of carbonyl (C=O) groups is 2. The number of hydrogen-bond acceptors (Lipinski definition) is 5. The normalized spacial score (nSPS) is 11.3. The number of carboxylic acids is 1. The largest absolute Gasteiger partial charge is 0.872 e. The molecule has 1 aromatic carbocycles. The average molecular weight is 338 g/mol. The summed E-state index contributed by atoms with van der Waals surface area (Å²) in [6, 6.07) is 6.91. The highest BCUT2D eigenvalue weighted by Crippen LogP contribution is 2.19. The van der Waals surface area contributed by atoms with E-state index in [9.17, 15) is 14.7 Å². The van der Waals surface area contributed by atoms with Gasteiger partial charge in [0.1, 0.15) is 4.88 Å². The summed E-state index contributed by atoms with van der Waals surface area (Å²) in [4.78, 5) is 23.5. The molecule has 2 rings (SSSR count). The number of benzene rings is 1. The van der Waals surface area contributed by atoms with Gasteiger partial charge >= 0.3 is 5.97 Å². The van der Waals surface area contributed by atoms with Crippen LogP contribution in [0.4, 0.5) is 0 Å². The van der Waals surface area contributed by atoms with Crippen LogP contribution in [-0.2, 0) is 0 Å². The summed E-state index contributed by atoms with van der Waals surface area (Å²) in [6.45, 7) is 1.62. The van der Waals surface area contributed by atoms with Crippen LogP contribution in [0.15, 0.2) is 35.4 Å². The first-order valence-corrected chi connectivity index (χ1v) is 7.22. The van der Waals surface area contributed by atoms with E-state index >= 15 is 0 Å². The van der Waals surface area contributed by atoms with Crippen molar-refractivity contribution in [3.8, 4) is 5.75 Å². The zero-order valence-corrected chi connectivity index (χ0v) is 12.9. The predicted octanol–water partition coefficient (Wildman–Crippen LogP) is 2.33. The summed E-state index contributed by atoms with van der Waals surface area (Å²) in [5.41, 5.74) is 2.57. The van der Waals surface area contributed by atoms with Gasteiger partial charge in [-0.1, -0.05) is 23.4 Å². The third-order valence-electron chi connectivity index (χ3n) is 2.68. The fourth-order valence-corrected chi connectivity index (χ4v) is 2.54. The molecule has 1 heterocycles. The lowest BCUT2D eigenvalue weighted by molar-refractivity contribution is -0.268. The second-order valence-electron chi connectivity index (χ2n) is 4.25. The Morgan fingerprint density at radius 2 is 1.95 bits per heavy atom. The van der Waals surface area contributed by atoms with E-state index in [0.717, 1.165) is 11.3 Å². The van der Waals surface area contributed by atoms with Crippen molar-refractivity contribution in [3.63, 3.8) is 0 Å². The Labute approximate surface area is 134 Å². The molecule has 0 aliphatic carbocycles. The molecule has 8 heteroatoms. The number of thiophene rings is 1. The quantitative estimate of drug-likeness (QED) is 0.660. The first-order chi connectivity index (χ1) is 10.4. The zero-order chi connectivity index (χ0) is 16.3. The molecule has 0 unspecified atom stereocenters. The number of hydrogen-bond donors (Lipinski definition) is 2. The summed E-state index contributed by atoms with van der Waals surface area (Å²) in [5.74, 6) is -2.16. The first kappa shape index (κ1) is 16.0. The van der Waals surface area contributed by atoms with Gasteiger partial charge in [-0.05, 0) is 31.2 Å². The third-order valence-corrected chi connectivity index (χ3v) is 4.10. The molecule has 0 fully saturated rings. The number of aromatic carboxylic acids is 1. The third kappa shape index (κ3) is 3.63. The van der Waals surface area contributed by atoms with Crippen LogP contribution in [0.2, 0.25) is 5.02 Å². The SMILES string of the molecule is C/C(=N/NC(=O)c1cc(Cl)ccc1[O-])c1ccc(C(=O)O)s1. The predicted molar refractivity (Wildman–Crippen MR) is 81.9 cm³/mol. The second-order valence-corrected chi connectivity index (χ2v) is 5.77. The van der Waals surface area contributed by atoms with E-state index < -0.39 is 17.6 Å². The van der Waals surface area contributed by atoms with E-state index in [-0.39, 0.29) is 15.5 Å². The topological polar surface area (TPSA) is 102 Å². The van der Waals surface area contributed by atoms with Gasteiger partial charge in [-0.25, -0.2) is 10.2 Å². The Hall–Kier alpha value is -2.38. The van der Waals surface area contributed by atoms with Crippen LogP contribution in [0, 0.1) is 0 Å². The molecular weight excluding hydrogens is 328 g/mol. The highest BCUT2D eigenvalue weighted by atomic mass is 35.5. The molecule has 0 radical (unpaired) electrons. The molecule has 0 saturated heterocycles. The van der Waals surface area contributed by atoms with Crippen molar-refractivity contribution in [2.75, 3.05) is 0 Å². The maximum Gasteiger partial charge on any atom is 0.345 e. The Kier molecular flexibility index (Phi) is 4.79. The van der Waals surface area contributed by atoms with Crippen molar-refractivity contribution in [3.05, 3.63) is 50.7 Å². The minimum Gasteiger partial charge on any atom is -0.872 e. The van der Waals surface area contributed by atoms with E-state index in [4.69, 9.17) is 16.7 Å². The Bertz CT molecular complexity index is 770. The standard InChI is InChI=1S/C14H11ClN2O4S/c1-7(11-4-5-12(22-11)14(20)21)16-17-13(19)9-6-8(15)2-3-10(9)18/h2-6,18H,1H3,(H,17,19)(H,20,21)/p-1/b16-7-. The van der Waals surface area contributed by atoms with Gasteiger partial charge in [0.05, 0.1) is 10.6 Å². The van der Waals surface area contributed by atoms with Crippen LogP contribution in [0.5, 0.6) is 5.75 Å². The van der Waals surface area contributed by atoms with Gasteiger partial charge in [-0.2, -0.15) is 5.10 Å². The van der Waals surface area contributed by atoms with Crippen LogP contribution in [0.1, 0.15) is 31.8 Å². The summed E-state index contributed by atoms with van der Waals surface area (Å²) < 4.78 is 0. The molecule has 1 amide bonds. The van der Waals surface area contributed by atoms with Gasteiger partial charge in [-0.3, -0.25) is 4.79 Å². The fraction of sp³-hybridized carbons (Fsp3) is 0.0714. The van der Waals surface area contributed by atoms with E-state index in [1.54, 1.807) is 13.0 Å². The number of carbonyl (C=O) groups excluding carboxylic acids is 1. The number of amides is 1. The highest BCUT2D eigenvalue weighted by Gasteiger charge is 2.10. The smallest absolute Gasteiger partial charge is 0.345 e. The Morgan fingerprint density at radius 1 is 1.27 bits per heavy atom. The average Bonchev–Trinajstić information content (AvgIpc) is 2.97. The summed E-state index contributed by atoms with van der Waals surface area (Å²) in [5, 5.41) is 24.6. The second kappa shape index (κ2) is 6.59. The lowest BCUT2D eigenvalue weighted by Gasteiger charge is -2.11. The summed E-state index contributed by atoms with van der Waals surface area (Å²) in [7, 11) is 0. The molecule has 22 heavy (non-hydrogen) atoms. The summed E-state index contributed by atoms with van der Waals surface area (Å²) in [6.07, 6.45) is 0. The molecule has 0 bridgehead atoms. The maximum absolute atomic E-state index is 11.9. The van der Waals surface area contributed by atoms with Gasteiger partial charge in [-0.15, -0.1) is 11.3 Å². The van der Waals surface area contributed by atoms with Gasteiger partial charge in [0.25, 0.3) is 5.91 Å². The van der Waals surface area contributed by atoms with E-state index in [1.165, 1.54) is 24.3 Å². The maximum atomic E-state index is 11.9. The number of carboxylic acid groups (broad SMARTS) is 1. The zero-order valence-electron chi connectivity index (χ0n) is 11.3. The molecule has 0 saturated carbocycles. The summed E-state index contributed by atoms with van der Waals surface area (Å²) >= 11 is 6.78. The Morgan fingerprint density at radius 3 is 2.59 bits per heavy atom. The van der Waals surface area contributed by atoms with Crippen molar-refractivity contribution >= 4 is 40.5 Å². The van der Waals surface area contributed by atoms with Gasteiger partial charge in [0, 0.05) is 10.6 Å². The molecule has 114 valence electrons. The highest BCUT2D eigenvalue weighted by molar-refractivity contribution is 7.15. The van der Waals surface area contributed by atoms with Crippen LogP contribution in [-0.4, -0.2) is 22.7 Å². The van der Waals surface area contributed by atoms with Crippen molar-refractivity contribution in [2.24, 2.45) is 5.10 Å². The van der Waals surface area contributed by atoms with Gasteiger partial charge in [0.15, 0.2) is 0 Å².